The Bertz CT molecular complexity index is 358. The number of esters is 1. The van der Waals surface area contributed by atoms with Crippen LogP contribution < -0.4 is 0 Å². The Morgan fingerprint density at radius 2 is 1.81 bits per heavy atom. The maximum absolute atomic E-state index is 11.1. The smallest absolute Gasteiger partial charge is 0.330 e. The zero-order chi connectivity index (χ0) is 16.8. The summed E-state index contributed by atoms with van der Waals surface area (Å²) in [5.74, 6) is -0.516. The predicted molar refractivity (Wildman–Crippen MR) is 88.6 cm³/mol. The van der Waals surface area contributed by atoms with Crippen molar-refractivity contribution in [2.75, 3.05) is 13.7 Å². The topological polar surface area (TPSA) is 55.8 Å². The lowest BCUT2D eigenvalue weighted by Gasteiger charge is -2.37. The third-order valence-electron chi connectivity index (χ3n) is 4.37. The molecule has 0 aliphatic rings. The van der Waals surface area contributed by atoms with Gasteiger partial charge < -0.3 is 14.3 Å². The molecule has 0 saturated carbocycles. The number of aliphatic hydroxyl groups excluding tert-OH is 1. The fourth-order valence-corrected chi connectivity index (χ4v) is 2.70. The highest BCUT2D eigenvalue weighted by Gasteiger charge is 2.37. The molecule has 0 aliphatic heterocycles. The lowest BCUT2D eigenvalue weighted by molar-refractivity contribution is -0.134. The molecule has 1 N–H and O–H groups in total. The normalized spacial score (nSPS) is 17.6. The number of hydrogen-bond donors (Lipinski definition) is 1. The van der Waals surface area contributed by atoms with Crippen LogP contribution in [0.4, 0.5) is 0 Å². The van der Waals surface area contributed by atoms with Crippen molar-refractivity contribution < 1.29 is 19.1 Å². The molecule has 0 unspecified atom stereocenters. The summed E-state index contributed by atoms with van der Waals surface area (Å²) >= 11 is 0. The zero-order valence-electron chi connectivity index (χ0n) is 14.8. The molecule has 124 valence electrons. The molecule has 0 rings (SSSR count). The minimum absolute atomic E-state index is 0.0106. The molecule has 0 aromatic heterocycles. The number of rotatable bonds is 7. The zero-order valence-corrected chi connectivity index (χ0v) is 15.8. The number of hydrogen-bond acceptors (Lipinski definition) is 4. The molecule has 0 fully saturated rings. The van der Waals surface area contributed by atoms with Crippen LogP contribution in [0.2, 0.25) is 18.1 Å². The van der Waals surface area contributed by atoms with E-state index in [9.17, 15) is 9.90 Å². The van der Waals surface area contributed by atoms with Crippen molar-refractivity contribution in [1.29, 1.82) is 0 Å². The van der Waals surface area contributed by atoms with E-state index in [0.717, 1.165) is 0 Å². The summed E-state index contributed by atoms with van der Waals surface area (Å²) in [6.45, 7) is 15.4. The van der Waals surface area contributed by atoms with Gasteiger partial charge in [-0.2, -0.15) is 0 Å². The second-order valence-corrected chi connectivity index (χ2v) is 12.1. The van der Waals surface area contributed by atoms with Gasteiger partial charge in [0.05, 0.1) is 13.2 Å². The first-order valence-corrected chi connectivity index (χ1v) is 10.4. The van der Waals surface area contributed by atoms with E-state index in [4.69, 9.17) is 4.43 Å². The van der Waals surface area contributed by atoms with Gasteiger partial charge in [0.1, 0.15) is 0 Å². The average molecular weight is 317 g/mol. The summed E-state index contributed by atoms with van der Waals surface area (Å²) in [7, 11) is -0.457. The van der Waals surface area contributed by atoms with E-state index in [2.05, 4.69) is 38.6 Å². The highest BCUT2D eigenvalue weighted by molar-refractivity contribution is 6.74. The Kier molecular flexibility index (Phi) is 7.85. The van der Waals surface area contributed by atoms with Crippen molar-refractivity contribution in [3.8, 4) is 0 Å². The Labute approximate surface area is 130 Å². The fourth-order valence-electron chi connectivity index (χ4n) is 1.59. The maximum atomic E-state index is 11.1. The second kappa shape index (κ2) is 8.10. The molecule has 0 aromatic rings. The third kappa shape index (κ3) is 6.76. The van der Waals surface area contributed by atoms with Gasteiger partial charge in [-0.1, -0.05) is 40.7 Å². The van der Waals surface area contributed by atoms with Crippen LogP contribution in [0.5, 0.6) is 0 Å². The van der Waals surface area contributed by atoms with Crippen LogP contribution >= 0.6 is 0 Å². The van der Waals surface area contributed by atoms with E-state index >= 15 is 0 Å². The Morgan fingerprint density at radius 1 is 1.29 bits per heavy atom. The van der Waals surface area contributed by atoms with Gasteiger partial charge in [-0.05, 0) is 18.1 Å². The molecule has 0 aliphatic carbocycles. The first kappa shape index (κ1) is 20.3. The van der Waals surface area contributed by atoms with Crippen molar-refractivity contribution in [3.05, 3.63) is 12.2 Å². The van der Waals surface area contributed by atoms with Crippen molar-refractivity contribution in [1.82, 2.24) is 0 Å². The largest absolute Gasteiger partial charge is 0.466 e. The van der Waals surface area contributed by atoms with Crippen molar-refractivity contribution in [2.24, 2.45) is 11.8 Å². The van der Waals surface area contributed by atoms with E-state index in [1.807, 2.05) is 13.8 Å². The fraction of sp³-hybridized carbons (Fsp3) is 0.812. The third-order valence-corrected chi connectivity index (χ3v) is 8.87. The Morgan fingerprint density at radius 3 is 2.24 bits per heavy atom. The van der Waals surface area contributed by atoms with Gasteiger partial charge in [0, 0.05) is 24.5 Å². The Hall–Kier alpha value is -0.653. The summed E-state index contributed by atoms with van der Waals surface area (Å²) in [4.78, 5) is 11.1. The summed E-state index contributed by atoms with van der Waals surface area (Å²) in [5.41, 5.74) is 0. The lowest BCUT2D eigenvalue weighted by atomic mass is 9.94. The number of aliphatic hydroxyl groups is 1. The number of carbonyl (C=O) groups is 1. The van der Waals surface area contributed by atoms with Crippen LogP contribution in [-0.2, 0) is 14.0 Å². The lowest BCUT2D eigenvalue weighted by Crippen LogP contribution is -2.43. The van der Waals surface area contributed by atoms with E-state index in [0.29, 0.717) is 6.61 Å². The summed E-state index contributed by atoms with van der Waals surface area (Å²) < 4.78 is 10.7. The molecule has 3 atom stereocenters. The molecule has 5 heteroatoms. The molecule has 0 saturated heterocycles. The van der Waals surface area contributed by atoms with Crippen LogP contribution in [0.25, 0.3) is 0 Å². The van der Waals surface area contributed by atoms with Crippen molar-refractivity contribution in [3.63, 3.8) is 0 Å². The molecule has 4 nitrogen and oxygen atoms in total. The highest BCUT2D eigenvalue weighted by atomic mass is 28.4. The number of ether oxygens (including phenoxy) is 1. The highest BCUT2D eigenvalue weighted by Crippen LogP contribution is 2.37. The minimum atomic E-state index is -1.79. The second-order valence-electron chi connectivity index (χ2n) is 7.28. The van der Waals surface area contributed by atoms with Gasteiger partial charge in [-0.25, -0.2) is 4.79 Å². The van der Waals surface area contributed by atoms with E-state index in [1.54, 1.807) is 6.08 Å². The SMILES string of the molecule is COC(=O)/C=C/[C@H](C)[C@H](O)[C@@H](C)CO[Si](C)(C)C(C)(C)C. The van der Waals surface area contributed by atoms with Gasteiger partial charge >= 0.3 is 5.97 Å². The van der Waals surface area contributed by atoms with Crippen molar-refractivity contribution >= 4 is 14.3 Å². The molecule has 0 heterocycles. The molecule has 0 bridgehead atoms. The van der Waals surface area contributed by atoms with Crippen LogP contribution in [0.1, 0.15) is 34.6 Å². The van der Waals surface area contributed by atoms with Gasteiger partial charge in [-0.3, -0.25) is 0 Å². The minimum Gasteiger partial charge on any atom is -0.466 e. The van der Waals surface area contributed by atoms with Gasteiger partial charge in [0.25, 0.3) is 0 Å². The molecule has 0 spiro atoms. The van der Waals surface area contributed by atoms with Gasteiger partial charge in [-0.15, -0.1) is 0 Å². The maximum Gasteiger partial charge on any atom is 0.330 e. The van der Waals surface area contributed by atoms with Crippen LogP contribution in [0, 0.1) is 11.8 Å². The summed E-state index contributed by atoms with van der Waals surface area (Å²) in [5, 5.41) is 10.5. The van der Waals surface area contributed by atoms with E-state index in [-0.39, 0.29) is 16.9 Å². The molecular weight excluding hydrogens is 284 g/mol. The first-order chi connectivity index (χ1) is 9.42. The van der Waals surface area contributed by atoms with Gasteiger partial charge in [0.15, 0.2) is 8.32 Å². The number of carbonyl (C=O) groups excluding carboxylic acids is 1. The van der Waals surface area contributed by atoms with E-state index in [1.165, 1.54) is 13.2 Å². The molecular formula is C16H32O4Si. The summed E-state index contributed by atoms with van der Waals surface area (Å²) in [6.07, 6.45) is 2.49. The van der Waals surface area contributed by atoms with Crippen LogP contribution in [0.15, 0.2) is 12.2 Å². The standard InChI is InChI=1S/C16H32O4Si/c1-12(9-10-14(17)19-6)15(18)13(2)11-20-21(7,8)16(3,4)5/h9-10,12-13,15,18H,11H2,1-8H3/b10-9+/t12-,13-,15-/m0/s1. The quantitative estimate of drug-likeness (QED) is 0.444. The molecule has 0 radical (unpaired) electrons. The van der Waals surface area contributed by atoms with Crippen LogP contribution in [0.3, 0.4) is 0 Å². The van der Waals surface area contributed by atoms with Gasteiger partial charge in [0.2, 0.25) is 0 Å². The van der Waals surface area contributed by atoms with Crippen LogP contribution in [-0.4, -0.2) is 39.2 Å². The molecule has 21 heavy (non-hydrogen) atoms. The Balaban J connectivity index is 4.49. The monoisotopic (exact) mass is 316 g/mol. The molecule has 0 aromatic carbocycles. The van der Waals surface area contributed by atoms with E-state index < -0.39 is 20.4 Å². The van der Waals surface area contributed by atoms with Crippen molar-refractivity contribution in [2.45, 2.75) is 58.9 Å². The number of methoxy groups -OCH3 is 1. The summed E-state index contributed by atoms with van der Waals surface area (Å²) in [6, 6.07) is 0. The molecule has 0 amide bonds. The predicted octanol–water partition coefficient (Wildman–Crippen LogP) is 3.37. The average Bonchev–Trinajstić information content (AvgIpc) is 2.39. The first-order valence-electron chi connectivity index (χ1n) is 7.50.